The summed E-state index contributed by atoms with van der Waals surface area (Å²) in [6.45, 7) is 5.67. The van der Waals surface area contributed by atoms with Crippen molar-refractivity contribution in [2.24, 2.45) is 0 Å². The highest BCUT2D eigenvalue weighted by molar-refractivity contribution is 5.92. The predicted octanol–water partition coefficient (Wildman–Crippen LogP) is 1.53. The molecule has 1 amide bonds. The first-order chi connectivity index (χ1) is 12.6. The lowest BCUT2D eigenvalue weighted by molar-refractivity contribution is 0.0925. The van der Waals surface area contributed by atoms with Crippen LogP contribution in [0.25, 0.3) is 5.65 Å². The van der Waals surface area contributed by atoms with E-state index >= 15 is 0 Å². The van der Waals surface area contributed by atoms with Gasteiger partial charge in [-0.1, -0.05) is 0 Å². The van der Waals surface area contributed by atoms with Crippen LogP contribution >= 0.6 is 0 Å². The molecule has 0 aliphatic carbocycles. The molecule has 0 saturated carbocycles. The summed E-state index contributed by atoms with van der Waals surface area (Å²) in [5.41, 5.74) is 3.16. The predicted molar refractivity (Wildman–Crippen MR) is 97.2 cm³/mol. The minimum atomic E-state index is -0.165. The zero-order valence-corrected chi connectivity index (χ0v) is 14.9. The first-order valence-electron chi connectivity index (χ1n) is 8.76. The Labute approximate surface area is 151 Å². The van der Waals surface area contributed by atoms with Gasteiger partial charge in [-0.3, -0.25) is 9.78 Å². The number of carbonyl (C=O) groups excluding carboxylic acids is 1. The fourth-order valence-electron chi connectivity index (χ4n) is 3.35. The van der Waals surface area contributed by atoms with Crippen LogP contribution < -0.4 is 10.2 Å². The van der Waals surface area contributed by atoms with Gasteiger partial charge >= 0.3 is 0 Å². The minimum absolute atomic E-state index is 0.138. The first-order valence-corrected chi connectivity index (χ1v) is 8.76. The molecule has 134 valence electrons. The number of anilines is 1. The fraction of sp³-hybridized carbons (Fsp3) is 0.389. The Kier molecular flexibility index (Phi) is 4.24. The maximum atomic E-state index is 12.2. The maximum absolute atomic E-state index is 12.2. The van der Waals surface area contributed by atoms with E-state index < -0.39 is 0 Å². The van der Waals surface area contributed by atoms with Crippen molar-refractivity contribution >= 4 is 17.4 Å². The van der Waals surface area contributed by atoms with Crippen molar-refractivity contribution in [3.8, 4) is 0 Å². The Bertz CT molecular complexity index is 929. The summed E-state index contributed by atoms with van der Waals surface area (Å²) in [6, 6.07) is 4.20. The van der Waals surface area contributed by atoms with E-state index in [4.69, 9.17) is 0 Å². The van der Waals surface area contributed by atoms with E-state index in [0.717, 1.165) is 48.8 Å². The van der Waals surface area contributed by atoms with Crippen LogP contribution in [0.2, 0.25) is 0 Å². The van der Waals surface area contributed by atoms with Gasteiger partial charge in [0, 0.05) is 49.4 Å². The molecule has 4 rings (SSSR count). The molecule has 1 N–H and O–H groups in total. The third-order valence-electron chi connectivity index (χ3n) is 4.61. The molecule has 1 fully saturated rings. The van der Waals surface area contributed by atoms with Crippen molar-refractivity contribution in [1.29, 1.82) is 0 Å². The van der Waals surface area contributed by atoms with Gasteiger partial charge in [0.05, 0.1) is 11.9 Å². The normalized spacial score (nSPS) is 15.4. The van der Waals surface area contributed by atoms with Crippen molar-refractivity contribution in [3.05, 3.63) is 47.8 Å². The van der Waals surface area contributed by atoms with Gasteiger partial charge in [0.1, 0.15) is 11.5 Å². The maximum Gasteiger partial charge on any atom is 0.271 e. The summed E-state index contributed by atoms with van der Waals surface area (Å²) in [7, 11) is 0. The van der Waals surface area contributed by atoms with E-state index in [0.29, 0.717) is 5.69 Å². The molecule has 0 aromatic carbocycles. The second-order valence-electron chi connectivity index (χ2n) is 6.64. The molecule has 0 spiro atoms. The molecule has 4 heterocycles. The zero-order valence-electron chi connectivity index (χ0n) is 14.9. The standard InChI is InChI=1S/C18H21N7O/c1-12-10-17(25-16(21-12)9-13(2)23-25)24-7-3-14(4-8-24)22-18(26)15-11-19-5-6-20-15/h5-6,9-11,14H,3-4,7-8H2,1-2H3,(H,22,26). The van der Waals surface area contributed by atoms with Crippen molar-refractivity contribution in [2.75, 3.05) is 18.0 Å². The molecule has 3 aromatic rings. The topological polar surface area (TPSA) is 88.3 Å². The van der Waals surface area contributed by atoms with E-state index in [1.807, 2.05) is 24.4 Å². The van der Waals surface area contributed by atoms with Crippen molar-refractivity contribution in [1.82, 2.24) is 29.9 Å². The molecule has 0 bridgehead atoms. The van der Waals surface area contributed by atoms with Crippen LogP contribution in [0.4, 0.5) is 5.82 Å². The van der Waals surface area contributed by atoms with Crippen LogP contribution in [0, 0.1) is 13.8 Å². The van der Waals surface area contributed by atoms with Crippen molar-refractivity contribution < 1.29 is 4.79 Å². The summed E-state index contributed by atoms with van der Waals surface area (Å²) in [4.78, 5) is 27.1. The molecule has 8 nitrogen and oxygen atoms in total. The van der Waals surface area contributed by atoms with E-state index in [1.165, 1.54) is 12.4 Å². The second kappa shape index (κ2) is 6.70. The summed E-state index contributed by atoms with van der Waals surface area (Å²) in [5.74, 6) is 0.890. The number of hydrogen-bond donors (Lipinski definition) is 1. The highest BCUT2D eigenvalue weighted by Gasteiger charge is 2.23. The van der Waals surface area contributed by atoms with Gasteiger partial charge in [0.2, 0.25) is 0 Å². The molecule has 8 heteroatoms. The van der Waals surface area contributed by atoms with Gasteiger partial charge in [-0.15, -0.1) is 0 Å². The van der Waals surface area contributed by atoms with Gasteiger partial charge in [0.15, 0.2) is 5.65 Å². The van der Waals surface area contributed by atoms with Gasteiger partial charge < -0.3 is 10.2 Å². The molecule has 0 unspecified atom stereocenters. The molecule has 26 heavy (non-hydrogen) atoms. The fourth-order valence-corrected chi connectivity index (χ4v) is 3.35. The number of carbonyl (C=O) groups is 1. The van der Waals surface area contributed by atoms with Crippen molar-refractivity contribution in [3.63, 3.8) is 0 Å². The average molecular weight is 351 g/mol. The molecule has 1 saturated heterocycles. The van der Waals surface area contributed by atoms with Crippen LogP contribution in [-0.4, -0.2) is 49.6 Å². The number of fused-ring (bicyclic) bond motifs is 1. The summed E-state index contributed by atoms with van der Waals surface area (Å²) < 4.78 is 1.90. The minimum Gasteiger partial charge on any atom is -0.356 e. The third kappa shape index (κ3) is 3.22. The van der Waals surface area contributed by atoms with Crippen LogP contribution in [0.1, 0.15) is 34.7 Å². The Morgan fingerprint density at radius 3 is 2.69 bits per heavy atom. The lowest BCUT2D eigenvalue weighted by Crippen LogP contribution is -2.45. The number of hydrogen-bond acceptors (Lipinski definition) is 6. The monoisotopic (exact) mass is 351 g/mol. The number of aromatic nitrogens is 5. The first kappa shape index (κ1) is 16.4. The second-order valence-corrected chi connectivity index (χ2v) is 6.64. The smallest absolute Gasteiger partial charge is 0.271 e. The molecular weight excluding hydrogens is 330 g/mol. The Balaban J connectivity index is 1.45. The highest BCUT2D eigenvalue weighted by Crippen LogP contribution is 2.22. The largest absolute Gasteiger partial charge is 0.356 e. The number of amides is 1. The SMILES string of the molecule is Cc1cc(N2CCC(NC(=O)c3cnccn3)CC2)n2nc(C)cc2n1. The number of rotatable bonds is 3. The Morgan fingerprint density at radius 2 is 1.96 bits per heavy atom. The number of nitrogens with one attached hydrogen (secondary N) is 1. The number of piperidine rings is 1. The van der Waals surface area contributed by atoms with Crippen LogP contribution in [0.15, 0.2) is 30.7 Å². The van der Waals surface area contributed by atoms with Crippen LogP contribution in [-0.2, 0) is 0 Å². The Hall–Kier alpha value is -3.03. The molecule has 3 aromatic heterocycles. The Morgan fingerprint density at radius 1 is 1.15 bits per heavy atom. The van der Waals surface area contributed by atoms with Gasteiger partial charge in [-0.2, -0.15) is 9.61 Å². The summed E-state index contributed by atoms with van der Waals surface area (Å²) in [5, 5.41) is 7.62. The number of aryl methyl sites for hydroxylation is 2. The molecule has 0 atom stereocenters. The molecule has 1 aliphatic heterocycles. The van der Waals surface area contributed by atoms with Gasteiger partial charge in [-0.25, -0.2) is 9.97 Å². The van der Waals surface area contributed by atoms with E-state index in [1.54, 1.807) is 6.20 Å². The lowest BCUT2D eigenvalue weighted by Gasteiger charge is -2.33. The molecule has 0 radical (unpaired) electrons. The van der Waals surface area contributed by atoms with E-state index in [-0.39, 0.29) is 11.9 Å². The van der Waals surface area contributed by atoms with Crippen LogP contribution in [0.5, 0.6) is 0 Å². The van der Waals surface area contributed by atoms with Gasteiger partial charge in [-0.05, 0) is 26.7 Å². The van der Waals surface area contributed by atoms with Gasteiger partial charge in [0.25, 0.3) is 5.91 Å². The van der Waals surface area contributed by atoms with E-state index in [9.17, 15) is 4.79 Å². The quantitative estimate of drug-likeness (QED) is 0.770. The van der Waals surface area contributed by atoms with Crippen molar-refractivity contribution in [2.45, 2.75) is 32.7 Å². The average Bonchev–Trinajstić information content (AvgIpc) is 3.02. The third-order valence-corrected chi connectivity index (χ3v) is 4.61. The zero-order chi connectivity index (χ0) is 18.1. The highest BCUT2D eigenvalue weighted by atomic mass is 16.1. The van der Waals surface area contributed by atoms with E-state index in [2.05, 4.69) is 36.3 Å². The van der Waals surface area contributed by atoms with Crippen LogP contribution in [0.3, 0.4) is 0 Å². The lowest BCUT2D eigenvalue weighted by atomic mass is 10.0. The molecular formula is C18H21N7O. The number of nitrogens with zero attached hydrogens (tertiary/aromatic N) is 6. The summed E-state index contributed by atoms with van der Waals surface area (Å²) >= 11 is 0. The summed E-state index contributed by atoms with van der Waals surface area (Å²) in [6.07, 6.45) is 6.32. The molecule has 1 aliphatic rings.